The van der Waals surface area contributed by atoms with E-state index >= 15 is 0 Å². The molecule has 0 fully saturated rings. The number of ether oxygens (including phenoxy) is 1. The van der Waals surface area contributed by atoms with E-state index in [-0.39, 0.29) is 23.2 Å². The number of rotatable bonds is 12. The molecule has 0 aliphatic heterocycles. The van der Waals surface area contributed by atoms with Crippen LogP contribution < -0.4 is 14.4 Å². The Morgan fingerprint density at radius 1 is 0.975 bits per heavy atom. The summed E-state index contributed by atoms with van der Waals surface area (Å²) in [6, 6.07) is 16.3. The Bertz CT molecular complexity index is 1420. The minimum atomic E-state index is -4.29. The molecule has 0 bridgehead atoms. The van der Waals surface area contributed by atoms with Gasteiger partial charge in [0.2, 0.25) is 11.8 Å². The summed E-state index contributed by atoms with van der Waals surface area (Å²) >= 11 is 6.36. The third kappa shape index (κ3) is 7.73. The molecule has 3 aromatic rings. The number of carbonyl (C=O) groups is 2. The summed E-state index contributed by atoms with van der Waals surface area (Å²) in [6.07, 6.45) is 0. The molecule has 0 saturated carbocycles. The summed E-state index contributed by atoms with van der Waals surface area (Å²) in [6.45, 7) is 6.69. The zero-order valence-corrected chi connectivity index (χ0v) is 24.4. The van der Waals surface area contributed by atoms with Gasteiger partial charge in [-0.2, -0.15) is 0 Å². The second-order valence-corrected chi connectivity index (χ2v) is 11.6. The van der Waals surface area contributed by atoms with Crippen molar-refractivity contribution in [1.29, 1.82) is 0 Å². The number of amides is 2. The van der Waals surface area contributed by atoms with Crippen LogP contribution in [-0.4, -0.2) is 50.4 Å². The average Bonchev–Trinajstić information content (AvgIpc) is 2.91. The van der Waals surface area contributed by atoms with Crippen LogP contribution in [0.3, 0.4) is 0 Å². The second kappa shape index (κ2) is 13.6. The van der Waals surface area contributed by atoms with Gasteiger partial charge in [0.15, 0.2) is 0 Å². The second-order valence-electron chi connectivity index (χ2n) is 9.34. The van der Waals surface area contributed by atoms with Gasteiger partial charge in [-0.25, -0.2) is 12.8 Å². The Morgan fingerprint density at radius 2 is 1.60 bits per heavy atom. The topological polar surface area (TPSA) is 96.0 Å². The molecule has 0 aliphatic rings. The van der Waals surface area contributed by atoms with E-state index in [0.29, 0.717) is 22.9 Å². The molecule has 0 aromatic heterocycles. The SMILES string of the molecule is CCOc1ccc(S(=O)(=O)N(CC(=O)N(Cc2ccccc2Cl)[C@H](C)C(=O)NC(C)C)c2ccc(F)cc2)cc1. The van der Waals surface area contributed by atoms with Crippen molar-refractivity contribution in [1.82, 2.24) is 10.2 Å². The van der Waals surface area contributed by atoms with E-state index in [1.807, 2.05) is 6.92 Å². The lowest BCUT2D eigenvalue weighted by Gasteiger charge is -2.32. The minimum absolute atomic E-state index is 0.0362. The molecule has 0 unspecified atom stereocenters. The summed E-state index contributed by atoms with van der Waals surface area (Å²) in [4.78, 5) is 28.0. The van der Waals surface area contributed by atoms with Crippen LogP contribution in [0, 0.1) is 5.82 Å². The fourth-order valence-corrected chi connectivity index (χ4v) is 5.55. The molecular formula is C29H33ClFN3O5S. The highest BCUT2D eigenvalue weighted by Gasteiger charge is 2.33. The van der Waals surface area contributed by atoms with E-state index < -0.39 is 40.2 Å². The van der Waals surface area contributed by atoms with E-state index in [0.717, 1.165) is 16.4 Å². The first-order valence-corrected chi connectivity index (χ1v) is 14.6. The van der Waals surface area contributed by atoms with Crippen LogP contribution in [-0.2, 0) is 26.2 Å². The van der Waals surface area contributed by atoms with Crippen LogP contribution in [0.25, 0.3) is 0 Å². The number of benzene rings is 3. The number of nitrogens with one attached hydrogen (secondary N) is 1. The van der Waals surface area contributed by atoms with Crippen molar-refractivity contribution >= 4 is 39.1 Å². The Balaban J connectivity index is 2.03. The van der Waals surface area contributed by atoms with Gasteiger partial charge >= 0.3 is 0 Å². The zero-order valence-electron chi connectivity index (χ0n) is 22.8. The van der Waals surface area contributed by atoms with E-state index in [1.54, 1.807) is 45.0 Å². The van der Waals surface area contributed by atoms with Crippen molar-refractivity contribution < 1.29 is 27.1 Å². The number of anilines is 1. The molecule has 8 nitrogen and oxygen atoms in total. The smallest absolute Gasteiger partial charge is 0.264 e. The molecule has 3 rings (SSSR count). The molecule has 0 heterocycles. The third-order valence-electron chi connectivity index (χ3n) is 6.01. The van der Waals surface area contributed by atoms with Crippen molar-refractivity contribution in [2.45, 2.75) is 51.2 Å². The zero-order chi connectivity index (χ0) is 29.4. The molecule has 0 radical (unpaired) electrons. The molecular weight excluding hydrogens is 557 g/mol. The van der Waals surface area contributed by atoms with Gasteiger partial charge in [-0.15, -0.1) is 0 Å². The molecule has 0 saturated heterocycles. The lowest BCUT2D eigenvalue weighted by molar-refractivity contribution is -0.139. The van der Waals surface area contributed by atoms with Crippen LogP contribution in [0.1, 0.15) is 33.3 Å². The average molecular weight is 590 g/mol. The number of sulfonamides is 1. The fraction of sp³-hybridized carbons (Fsp3) is 0.310. The highest BCUT2D eigenvalue weighted by molar-refractivity contribution is 7.92. The van der Waals surface area contributed by atoms with E-state index in [2.05, 4.69) is 5.32 Å². The first-order chi connectivity index (χ1) is 18.9. The maximum atomic E-state index is 13.9. The maximum absolute atomic E-state index is 13.9. The van der Waals surface area contributed by atoms with Crippen molar-refractivity contribution in [3.8, 4) is 5.75 Å². The Labute approximate surface area is 239 Å². The van der Waals surface area contributed by atoms with Gasteiger partial charge in [0.1, 0.15) is 24.2 Å². The largest absolute Gasteiger partial charge is 0.494 e. The Morgan fingerprint density at radius 3 is 2.17 bits per heavy atom. The first kappa shape index (κ1) is 30.9. The van der Waals surface area contributed by atoms with Gasteiger partial charge in [-0.1, -0.05) is 29.8 Å². The molecule has 3 aromatic carbocycles. The van der Waals surface area contributed by atoms with Crippen molar-refractivity contribution in [3.63, 3.8) is 0 Å². The van der Waals surface area contributed by atoms with Crippen molar-refractivity contribution in [2.24, 2.45) is 0 Å². The predicted molar refractivity (Wildman–Crippen MR) is 153 cm³/mol. The highest BCUT2D eigenvalue weighted by Crippen LogP contribution is 2.27. The number of hydrogen-bond acceptors (Lipinski definition) is 5. The summed E-state index contributed by atoms with van der Waals surface area (Å²) < 4.78 is 47.7. The van der Waals surface area contributed by atoms with Crippen molar-refractivity contribution in [2.75, 3.05) is 17.5 Å². The molecule has 0 spiro atoms. The summed E-state index contributed by atoms with van der Waals surface area (Å²) in [5.41, 5.74) is 0.671. The molecule has 0 aliphatic carbocycles. The van der Waals surface area contributed by atoms with Gasteiger partial charge in [-0.3, -0.25) is 13.9 Å². The highest BCUT2D eigenvalue weighted by atomic mass is 35.5. The standard InChI is InChI=1S/C29H33ClFN3O5S/c1-5-39-25-14-16-26(17-15-25)40(37,38)34(24-12-10-23(31)11-13-24)19-28(35)33(21(4)29(36)32-20(2)3)18-22-8-6-7-9-27(22)30/h6-17,20-21H,5,18-19H2,1-4H3,(H,32,36)/t21-/m1/s1. The maximum Gasteiger partial charge on any atom is 0.264 e. The van der Waals surface area contributed by atoms with Crippen LogP contribution in [0.5, 0.6) is 5.75 Å². The van der Waals surface area contributed by atoms with E-state index in [9.17, 15) is 22.4 Å². The monoisotopic (exact) mass is 589 g/mol. The lowest BCUT2D eigenvalue weighted by atomic mass is 10.1. The summed E-state index contributed by atoms with van der Waals surface area (Å²) in [5, 5.41) is 3.19. The van der Waals surface area contributed by atoms with Gasteiger partial charge in [0.05, 0.1) is 17.2 Å². The van der Waals surface area contributed by atoms with Gasteiger partial charge in [0, 0.05) is 17.6 Å². The third-order valence-corrected chi connectivity index (χ3v) is 8.17. The van der Waals surface area contributed by atoms with Crippen LogP contribution in [0.2, 0.25) is 5.02 Å². The van der Waals surface area contributed by atoms with Crippen LogP contribution in [0.4, 0.5) is 10.1 Å². The molecule has 214 valence electrons. The molecule has 11 heteroatoms. The number of nitrogens with zero attached hydrogens (tertiary/aromatic N) is 2. The predicted octanol–water partition coefficient (Wildman–Crippen LogP) is 5.02. The number of halogens is 2. The van der Waals surface area contributed by atoms with E-state index in [4.69, 9.17) is 16.3 Å². The summed E-state index contributed by atoms with van der Waals surface area (Å²) in [7, 11) is -4.29. The quantitative estimate of drug-likeness (QED) is 0.320. The van der Waals surface area contributed by atoms with E-state index in [1.165, 1.54) is 41.3 Å². The van der Waals surface area contributed by atoms with Gasteiger partial charge in [-0.05, 0) is 87.9 Å². The normalized spacial score (nSPS) is 12.1. The van der Waals surface area contributed by atoms with Gasteiger partial charge < -0.3 is 15.0 Å². The van der Waals surface area contributed by atoms with Crippen molar-refractivity contribution in [3.05, 3.63) is 89.2 Å². The molecule has 2 amide bonds. The molecule has 1 atom stereocenters. The Kier molecular flexibility index (Phi) is 10.5. The van der Waals surface area contributed by atoms with Gasteiger partial charge in [0.25, 0.3) is 10.0 Å². The minimum Gasteiger partial charge on any atom is -0.494 e. The first-order valence-electron chi connectivity index (χ1n) is 12.8. The Hall–Kier alpha value is -3.63. The molecule has 40 heavy (non-hydrogen) atoms. The number of carbonyl (C=O) groups excluding carboxylic acids is 2. The lowest BCUT2D eigenvalue weighted by Crippen LogP contribution is -2.52. The number of hydrogen-bond donors (Lipinski definition) is 1. The van der Waals surface area contributed by atoms with Crippen LogP contribution in [0.15, 0.2) is 77.7 Å². The molecule has 1 N–H and O–H groups in total. The van der Waals surface area contributed by atoms with Crippen LogP contribution >= 0.6 is 11.6 Å². The fourth-order valence-electron chi connectivity index (χ4n) is 3.94. The summed E-state index contributed by atoms with van der Waals surface area (Å²) in [5.74, 6) is -1.13.